The molecule has 0 aromatic rings. The van der Waals surface area contributed by atoms with Crippen LogP contribution in [-0.2, 0) is 9.53 Å². The SMILES string of the molecule is CCCCOC(=O)CN1CCCCC1CC(C)O. The summed E-state index contributed by atoms with van der Waals surface area (Å²) in [7, 11) is 0. The highest BCUT2D eigenvalue weighted by Crippen LogP contribution is 2.20. The first-order chi connectivity index (χ1) is 8.63. The number of hydrogen-bond donors (Lipinski definition) is 1. The quantitative estimate of drug-likeness (QED) is 0.559. The summed E-state index contributed by atoms with van der Waals surface area (Å²) >= 11 is 0. The number of esters is 1. The Morgan fingerprint density at radius 3 is 2.94 bits per heavy atom. The van der Waals surface area contributed by atoms with Crippen LogP contribution in [0.3, 0.4) is 0 Å². The van der Waals surface area contributed by atoms with E-state index < -0.39 is 0 Å². The number of aliphatic hydroxyl groups is 1. The number of unbranched alkanes of at least 4 members (excludes halogenated alkanes) is 1. The molecule has 0 aromatic heterocycles. The normalized spacial score (nSPS) is 22.7. The Hall–Kier alpha value is -0.610. The summed E-state index contributed by atoms with van der Waals surface area (Å²) in [6.45, 7) is 5.75. The molecule has 0 saturated carbocycles. The van der Waals surface area contributed by atoms with Crippen molar-refractivity contribution in [3.8, 4) is 0 Å². The number of rotatable bonds is 7. The predicted molar refractivity (Wildman–Crippen MR) is 71.4 cm³/mol. The van der Waals surface area contributed by atoms with Crippen molar-refractivity contribution in [3.05, 3.63) is 0 Å². The van der Waals surface area contributed by atoms with Gasteiger partial charge in [0, 0.05) is 6.04 Å². The van der Waals surface area contributed by atoms with Crippen molar-refractivity contribution in [2.45, 2.75) is 64.5 Å². The van der Waals surface area contributed by atoms with Gasteiger partial charge in [-0.05, 0) is 39.2 Å². The molecule has 1 aliphatic rings. The number of carbonyl (C=O) groups is 1. The molecule has 2 atom stereocenters. The lowest BCUT2D eigenvalue weighted by Gasteiger charge is -2.35. The second-order valence-corrected chi connectivity index (χ2v) is 5.28. The van der Waals surface area contributed by atoms with Crippen LogP contribution in [0, 0.1) is 0 Å². The molecular weight excluding hydrogens is 230 g/mol. The minimum absolute atomic E-state index is 0.124. The van der Waals surface area contributed by atoms with E-state index in [1.165, 1.54) is 6.42 Å². The van der Waals surface area contributed by atoms with Crippen LogP contribution >= 0.6 is 0 Å². The van der Waals surface area contributed by atoms with Crippen LogP contribution in [0.15, 0.2) is 0 Å². The van der Waals surface area contributed by atoms with Gasteiger partial charge in [-0.3, -0.25) is 9.69 Å². The van der Waals surface area contributed by atoms with Gasteiger partial charge >= 0.3 is 5.97 Å². The zero-order valence-electron chi connectivity index (χ0n) is 11.7. The summed E-state index contributed by atoms with van der Waals surface area (Å²) in [5.74, 6) is -0.124. The summed E-state index contributed by atoms with van der Waals surface area (Å²) in [5.41, 5.74) is 0. The molecule has 0 spiro atoms. The van der Waals surface area contributed by atoms with E-state index in [2.05, 4.69) is 11.8 Å². The number of aliphatic hydroxyl groups excluding tert-OH is 1. The number of hydrogen-bond acceptors (Lipinski definition) is 4. The fourth-order valence-electron chi connectivity index (χ4n) is 2.47. The molecule has 1 rings (SSSR count). The third-order valence-corrected chi connectivity index (χ3v) is 3.46. The Balaban J connectivity index is 2.34. The molecule has 1 N–H and O–H groups in total. The van der Waals surface area contributed by atoms with Gasteiger partial charge in [-0.25, -0.2) is 0 Å². The minimum atomic E-state index is -0.299. The van der Waals surface area contributed by atoms with E-state index in [0.717, 1.165) is 38.6 Å². The molecule has 0 radical (unpaired) electrons. The number of ether oxygens (including phenoxy) is 1. The lowest BCUT2D eigenvalue weighted by atomic mass is 9.97. The van der Waals surface area contributed by atoms with Crippen LogP contribution in [0.4, 0.5) is 0 Å². The van der Waals surface area contributed by atoms with E-state index in [4.69, 9.17) is 4.74 Å². The van der Waals surface area contributed by atoms with Crippen molar-refractivity contribution in [3.63, 3.8) is 0 Å². The summed E-state index contributed by atoms with van der Waals surface area (Å²) in [5, 5.41) is 9.49. The summed E-state index contributed by atoms with van der Waals surface area (Å²) in [6.07, 6.45) is 5.84. The number of piperidine rings is 1. The maximum Gasteiger partial charge on any atom is 0.320 e. The van der Waals surface area contributed by atoms with Gasteiger partial charge in [0.1, 0.15) is 0 Å². The fourth-order valence-corrected chi connectivity index (χ4v) is 2.47. The summed E-state index contributed by atoms with van der Waals surface area (Å²) in [6, 6.07) is 0.331. The van der Waals surface area contributed by atoms with Gasteiger partial charge in [0.25, 0.3) is 0 Å². The largest absolute Gasteiger partial charge is 0.465 e. The van der Waals surface area contributed by atoms with Crippen molar-refractivity contribution in [1.82, 2.24) is 4.90 Å². The van der Waals surface area contributed by atoms with Gasteiger partial charge in [-0.2, -0.15) is 0 Å². The lowest BCUT2D eigenvalue weighted by molar-refractivity contribution is -0.146. The van der Waals surface area contributed by atoms with E-state index in [9.17, 15) is 9.90 Å². The van der Waals surface area contributed by atoms with Gasteiger partial charge < -0.3 is 9.84 Å². The monoisotopic (exact) mass is 257 g/mol. The predicted octanol–water partition coefficient (Wildman–Crippen LogP) is 1.96. The molecule has 4 nitrogen and oxygen atoms in total. The molecule has 4 heteroatoms. The van der Waals surface area contributed by atoms with Crippen LogP contribution in [0.2, 0.25) is 0 Å². The third kappa shape index (κ3) is 5.83. The van der Waals surface area contributed by atoms with Crippen molar-refractivity contribution >= 4 is 5.97 Å². The van der Waals surface area contributed by atoms with Crippen LogP contribution in [0.5, 0.6) is 0 Å². The zero-order chi connectivity index (χ0) is 13.4. The molecule has 1 fully saturated rings. The van der Waals surface area contributed by atoms with Crippen LogP contribution in [0.1, 0.15) is 52.4 Å². The van der Waals surface area contributed by atoms with Crippen molar-refractivity contribution in [2.75, 3.05) is 19.7 Å². The highest BCUT2D eigenvalue weighted by atomic mass is 16.5. The highest BCUT2D eigenvalue weighted by molar-refractivity contribution is 5.71. The first kappa shape index (κ1) is 15.4. The summed E-state index contributed by atoms with van der Waals surface area (Å²) in [4.78, 5) is 13.9. The second-order valence-electron chi connectivity index (χ2n) is 5.28. The van der Waals surface area contributed by atoms with Crippen LogP contribution in [0.25, 0.3) is 0 Å². The van der Waals surface area contributed by atoms with Crippen LogP contribution < -0.4 is 0 Å². The first-order valence-electron chi connectivity index (χ1n) is 7.21. The molecule has 0 amide bonds. The molecule has 1 heterocycles. The maximum absolute atomic E-state index is 11.7. The lowest BCUT2D eigenvalue weighted by Crippen LogP contribution is -2.44. The second kappa shape index (κ2) is 8.48. The molecule has 18 heavy (non-hydrogen) atoms. The molecule has 1 aliphatic heterocycles. The van der Waals surface area contributed by atoms with E-state index in [0.29, 0.717) is 19.2 Å². The molecular formula is C14H27NO3. The molecule has 1 saturated heterocycles. The Morgan fingerprint density at radius 2 is 2.28 bits per heavy atom. The standard InChI is InChI=1S/C14H27NO3/c1-3-4-9-18-14(17)11-15-8-6-5-7-13(15)10-12(2)16/h12-13,16H,3-11H2,1-2H3. The average molecular weight is 257 g/mol. The first-order valence-corrected chi connectivity index (χ1v) is 7.21. The molecule has 0 bridgehead atoms. The van der Waals surface area contributed by atoms with Gasteiger partial charge in [0.15, 0.2) is 0 Å². The Bertz CT molecular complexity index is 243. The fraction of sp³-hybridized carbons (Fsp3) is 0.929. The topological polar surface area (TPSA) is 49.8 Å². The summed E-state index contributed by atoms with van der Waals surface area (Å²) < 4.78 is 5.20. The molecule has 2 unspecified atom stereocenters. The highest BCUT2D eigenvalue weighted by Gasteiger charge is 2.25. The third-order valence-electron chi connectivity index (χ3n) is 3.46. The average Bonchev–Trinajstić information content (AvgIpc) is 2.31. The van der Waals surface area contributed by atoms with E-state index in [1.54, 1.807) is 0 Å². The Labute approximate surface area is 110 Å². The van der Waals surface area contributed by atoms with Gasteiger partial charge in [-0.15, -0.1) is 0 Å². The van der Waals surface area contributed by atoms with Crippen molar-refractivity contribution in [1.29, 1.82) is 0 Å². The number of likely N-dealkylation sites (tertiary alicyclic amines) is 1. The van der Waals surface area contributed by atoms with Crippen molar-refractivity contribution < 1.29 is 14.6 Å². The Kier molecular flexibility index (Phi) is 7.28. The van der Waals surface area contributed by atoms with E-state index in [-0.39, 0.29) is 12.1 Å². The van der Waals surface area contributed by atoms with Gasteiger partial charge in [-0.1, -0.05) is 19.8 Å². The van der Waals surface area contributed by atoms with Gasteiger partial charge in [0.05, 0.1) is 19.3 Å². The molecule has 106 valence electrons. The van der Waals surface area contributed by atoms with Gasteiger partial charge in [0.2, 0.25) is 0 Å². The van der Waals surface area contributed by atoms with E-state index in [1.807, 2.05) is 6.92 Å². The van der Waals surface area contributed by atoms with E-state index >= 15 is 0 Å². The minimum Gasteiger partial charge on any atom is -0.465 e. The Morgan fingerprint density at radius 1 is 1.50 bits per heavy atom. The smallest absolute Gasteiger partial charge is 0.320 e. The zero-order valence-corrected chi connectivity index (χ0v) is 11.7. The number of carbonyl (C=O) groups excluding carboxylic acids is 1. The molecule has 0 aromatic carbocycles. The van der Waals surface area contributed by atoms with Crippen LogP contribution in [-0.4, -0.2) is 47.8 Å². The van der Waals surface area contributed by atoms with Crippen molar-refractivity contribution in [2.24, 2.45) is 0 Å². The molecule has 0 aliphatic carbocycles. The number of nitrogens with zero attached hydrogens (tertiary/aromatic N) is 1. The maximum atomic E-state index is 11.7.